The Hall–Kier alpha value is -2.04. The maximum Gasteiger partial charge on any atom is 0.339 e. The SMILES string of the molecule is COC(=O)c1ccc2c(c1N)CCN2C(C)=O. The summed E-state index contributed by atoms with van der Waals surface area (Å²) in [7, 11) is 1.32. The Kier molecular flexibility index (Phi) is 2.75. The lowest BCUT2D eigenvalue weighted by molar-refractivity contribution is -0.116. The van der Waals surface area contributed by atoms with Crippen molar-refractivity contribution in [1.29, 1.82) is 0 Å². The second-order valence-electron chi connectivity index (χ2n) is 3.94. The van der Waals surface area contributed by atoms with E-state index >= 15 is 0 Å². The van der Waals surface area contributed by atoms with Crippen LogP contribution in [-0.4, -0.2) is 25.5 Å². The number of anilines is 2. The average molecular weight is 234 g/mol. The van der Waals surface area contributed by atoms with Gasteiger partial charge in [0, 0.05) is 24.7 Å². The lowest BCUT2D eigenvalue weighted by Gasteiger charge is -2.15. The van der Waals surface area contributed by atoms with E-state index in [4.69, 9.17) is 5.73 Å². The monoisotopic (exact) mass is 234 g/mol. The molecule has 2 rings (SSSR count). The van der Waals surface area contributed by atoms with E-state index in [0.29, 0.717) is 24.2 Å². The summed E-state index contributed by atoms with van der Waals surface area (Å²) in [5.41, 5.74) is 8.35. The number of esters is 1. The minimum absolute atomic E-state index is 0.0195. The second-order valence-corrected chi connectivity index (χ2v) is 3.94. The highest BCUT2D eigenvalue weighted by Crippen LogP contribution is 2.34. The lowest BCUT2D eigenvalue weighted by Crippen LogP contribution is -2.25. The van der Waals surface area contributed by atoms with E-state index in [-0.39, 0.29) is 5.91 Å². The molecule has 0 saturated carbocycles. The maximum atomic E-state index is 11.5. The van der Waals surface area contributed by atoms with Crippen LogP contribution < -0.4 is 10.6 Å². The van der Waals surface area contributed by atoms with E-state index in [1.54, 1.807) is 17.0 Å². The number of hydrogen-bond acceptors (Lipinski definition) is 4. The number of fused-ring (bicyclic) bond motifs is 1. The predicted octanol–water partition coefficient (Wildman–Crippen LogP) is 0.964. The van der Waals surface area contributed by atoms with Gasteiger partial charge in [0.2, 0.25) is 5.91 Å². The van der Waals surface area contributed by atoms with Crippen LogP contribution in [0.2, 0.25) is 0 Å². The lowest BCUT2D eigenvalue weighted by atomic mass is 10.0. The molecule has 0 fully saturated rings. The van der Waals surface area contributed by atoms with Gasteiger partial charge in [-0.3, -0.25) is 4.79 Å². The van der Waals surface area contributed by atoms with Crippen LogP contribution in [0.4, 0.5) is 11.4 Å². The third kappa shape index (κ3) is 1.73. The van der Waals surface area contributed by atoms with Gasteiger partial charge in [0.15, 0.2) is 0 Å². The molecule has 0 spiro atoms. The number of rotatable bonds is 1. The summed E-state index contributed by atoms with van der Waals surface area (Å²) in [5.74, 6) is -0.472. The van der Waals surface area contributed by atoms with Crippen LogP contribution in [0.15, 0.2) is 12.1 Å². The van der Waals surface area contributed by atoms with Crippen molar-refractivity contribution in [3.05, 3.63) is 23.3 Å². The average Bonchev–Trinajstić information content (AvgIpc) is 2.73. The number of amides is 1. The molecule has 0 unspecified atom stereocenters. The number of nitrogens with two attached hydrogens (primary N) is 1. The van der Waals surface area contributed by atoms with Crippen LogP contribution in [-0.2, 0) is 16.0 Å². The third-order valence-electron chi connectivity index (χ3n) is 2.99. The number of carbonyl (C=O) groups excluding carboxylic acids is 2. The van der Waals surface area contributed by atoms with Crippen molar-refractivity contribution >= 4 is 23.3 Å². The molecular formula is C12H14N2O3. The van der Waals surface area contributed by atoms with E-state index in [9.17, 15) is 9.59 Å². The van der Waals surface area contributed by atoms with E-state index in [0.717, 1.165) is 11.3 Å². The van der Waals surface area contributed by atoms with E-state index in [2.05, 4.69) is 4.74 Å². The van der Waals surface area contributed by atoms with Crippen LogP contribution >= 0.6 is 0 Å². The van der Waals surface area contributed by atoms with Crippen molar-refractivity contribution in [1.82, 2.24) is 0 Å². The highest BCUT2D eigenvalue weighted by molar-refractivity contribution is 6.00. The van der Waals surface area contributed by atoms with Gasteiger partial charge in [0.25, 0.3) is 0 Å². The fraction of sp³-hybridized carbons (Fsp3) is 0.333. The van der Waals surface area contributed by atoms with Crippen molar-refractivity contribution in [3.8, 4) is 0 Å². The van der Waals surface area contributed by atoms with Crippen LogP contribution in [0.25, 0.3) is 0 Å². The van der Waals surface area contributed by atoms with E-state index in [1.165, 1.54) is 14.0 Å². The van der Waals surface area contributed by atoms with Gasteiger partial charge in [0.05, 0.1) is 18.4 Å². The number of nitrogen functional groups attached to an aromatic ring is 1. The third-order valence-corrected chi connectivity index (χ3v) is 2.99. The van der Waals surface area contributed by atoms with Crippen molar-refractivity contribution in [2.45, 2.75) is 13.3 Å². The largest absolute Gasteiger partial charge is 0.465 e. The van der Waals surface area contributed by atoms with Gasteiger partial charge in [-0.15, -0.1) is 0 Å². The van der Waals surface area contributed by atoms with Crippen molar-refractivity contribution in [3.63, 3.8) is 0 Å². The number of carbonyl (C=O) groups is 2. The Morgan fingerprint density at radius 3 is 2.71 bits per heavy atom. The van der Waals surface area contributed by atoms with E-state index < -0.39 is 5.97 Å². The molecule has 0 aliphatic carbocycles. The highest BCUT2D eigenvalue weighted by Gasteiger charge is 2.26. The van der Waals surface area contributed by atoms with Gasteiger partial charge in [-0.05, 0) is 18.6 Å². The fourth-order valence-electron chi connectivity index (χ4n) is 2.13. The summed E-state index contributed by atoms with van der Waals surface area (Å²) < 4.78 is 4.65. The summed E-state index contributed by atoms with van der Waals surface area (Å²) in [6.07, 6.45) is 0.672. The zero-order chi connectivity index (χ0) is 12.6. The molecule has 0 saturated heterocycles. The summed E-state index contributed by atoms with van der Waals surface area (Å²) >= 11 is 0. The standard InChI is InChI=1S/C12H14N2O3/c1-7(15)14-6-5-8-10(14)4-3-9(11(8)13)12(16)17-2/h3-4H,5-6,13H2,1-2H3. The number of benzene rings is 1. The van der Waals surface area contributed by atoms with Crippen molar-refractivity contribution in [2.24, 2.45) is 0 Å². The topological polar surface area (TPSA) is 72.6 Å². The Morgan fingerprint density at radius 1 is 1.41 bits per heavy atom. The molecule has 2 N–H and O–H groups in total. The maximum absolute atomic E-state index is 11.5. The summed E-state index contributed by atoms with van der Waals surface area (Å²) in [5, 5.41) is 0. The molecule has 0 bridgehead atoms. The number of nitrogens with zero attached hydrogens (tertiary/aromatic N) is 1. The zero-order valence-corrected chi connectivity index (χ0v) is 9.82. The number of hydrogen-bond donors (Lipinski definition) is 1. The molecular weight excluding hydrogens is 220 g/mol. The predicted molar refractivity (Wildman–Crippen MR) is 63.9 cm³/mol. The minimum Gasteiger partial charge on any atom is -0.465 e. The van der Waals surface area contributed by atoms with Gasteiger partial charge < -0.3 is 15.4 Å². The van der Waals surface area contributed by atoms with Crippen molar-refractivity contribution < 1.29 is 14.3 Å². The van der Waals surface area contributed by atoms with Crippen molar-refractivity contribution in [2.75, 3.05) is 24.3 Å². The van der Waals surface area contributed by atoms with Gasteiger partial charge in [0.1, 0.15) is 0 Å². The Bertz CT molecular complexity index is 497. The summed E-state index contributed by atoms with van der Waals surface area (Å²) in [4.78, 5) is 24.5. The molecule has 5 heteroatoms. The Morgan fingerprint density at radius 2 is 2.12 bits per heavy atom. The van der Waals surface area contributed by atoms with Gasteiger partial charge in [-0.2, -0.15) is 0 Å². The molecule has 1 heterocycles. The first-order valence-corrected chi connectivity index (χ1v) is 5.34. The first kappa shape index (κ1) is 11.4. The number of methoxy groups -OCH3 is 1. The Labute approximate surface area is 99.2 Å². The van der Waals surface area contributed by atoms with Crippen LogP contribution in [0, 0.1) is 0 Å². The van der Waals surface area contributed by atoms with Gasteiger partial charge in [-0.1, -0.05) is 0 Å². The second kappa shape index (κ2) is 4.08. The smallest absolute Gasteiger partial charge is 0.339 e. The molecule has 1 aromatic carbocycles. The first-order chi connectivity index (χ1) is 8.06. The molecule has 1 aliphatic rings. The van der Waals surface area contributed by atoms with Crippen LogP contribution in [0.5, 0.6) is 0 Å². The van der Waals surface area contributed by atoms with Crippen LogP contribution in [0.1, 0.15) is 22.8 Å². The molecule has 17 heavy (non-hydrogen) atoms. The highest BCUT2D eigenvalue weighted by atomic mass is 16.5. The molecule has 90 valence electrons. The summed E-state index contributed by atoms with van der Waals surface area (Å²) in [6, 6.07) is 3.34. The van der Waals surface area contributed by atoms with Gasteiger partial charge in [-0.25, -0.2) is 4.79 Å². The summed E-state index contributed by atoms with van der Waals surface area (Å²) in [6.45, 7) is 2.12. The van der Waals surface area contributed by atoms with E-state index in [1.807, 2.05) is 0 Å². The molecule has 5 nitrogen and oxygen atoms in total. The zero-order valence-electron chi connectivity index (χ0n) is 9.82. The molecule has 0 radical (unpaired) electrons. The molecule has 1 aromatic rings. The first-order valence-electron chi connectivity index (χ1n) is 5.34. The normalized spacial score (nSPS) is 13.4. The van der Waals surface area contributed by atoms with Gasteiger partial charge >= 0.3 is 5.97 Å². The fourth-order valence-corrected chi connectivity index (χ4v) is 2.13. The Balaban J connectivity index is 2.49. The minimum atomic E-state index is -0.452. The number of ether oxygens (including phenoxy) is 1. The molecule has 1 amide bonds. The molecule has 1 aliphatic heterocycles. The molecule has 0 atom stereocenters. The quantitative estimate of drug-likeness (QED) is 0.580. The molecule has 0 aromatic heterocycles. The van der Waals surface area contributed by atoms with Crippen LogP contribution in [0.3, 0.4) is 0 Å².